The molecule has 0 radical (unpaired) electrons. The highest BCUT2D eigenvalue weighted by Crippen LogP contribution is 2.38. The number of nitrogens with one attached hydrogen (secondary N) is 1. The largest absolute Gasteiger partial charge is 0.384 e. The number of sulfone groups is 1. The maximum absolute atomic E-state index is 12.9. The lowest BCUT2D eigenvalue weighted by molar-refractivity contribution is 0.132. The average Bonchev–Trinajstić information content (AvgIpc) is 3.13. The van der Waals surface area contributed by atoms with Crippen molar-refractivity contribution in [2.75, 3.05) is 31.4 Å². The van der Waals surface area contributed by atoms with E-state index >= 15 is 0 Å². The predicted molar refractivity (Wildman–Crippen MR) is 110 cm³/mol. The van der Waals surface area contributed by atoms with E-state index in [1.165, 1.54) is 0 Å². The number of hydrogen-bond acceptors (Lipinski definition) is 6. The van der Waals surface area contributed by atoms with Crippen LogP contribution in [0.5, 0.6) is 0 Å². The van der Waals surface area contributed by atoms with Gasteiger partial charge in [-0.2, -0.15) is 0 Å². The van der Waals surface area contributed by atoms with Crippen molar-refractivity contribution in [3.05, 3.63) is 18.6 Å². The summed E-state index contributed by atoms with van der Waals surface area (Å²) in [5, 5.41) is 0.854. The minimum Gasteiger partial charge on any atom is -0.384 e. The molecule has 2 saturated carbocycles. The van der Waals surface area contributed by atoms with Gasteiger partial charge in [0.15, 0.2) is 9.84 Å². The van der Waals surface area contributed by atoms with E-state index in [-0.39, 0.29) is 11.2 Å². The molecule has 1 N–H and O–H groups in total. The van der Waals surface area contributed by atoms with Gasteiger partial charge < -0.3 is 14.6 Å². The van der Waals surface area contributed by atoms with Crippen molar-refractivity contribution in [2.45, 2.75) is 49.8 Å². The van der Waals surface area contributed by atoms with Gasteiger partial charge in [-0.15, -0.1) is 0 Å². The molecule has 2 aliphatic rings. The Balaban J connectivity index is 1.31. The number of anilines is 1. The molecule has 2 aromatic rings. The van der Waals surface area contributed by atoms with E-state index in [9.17, 15) is 8.42 Å². The number of aromatic nitrogens is 3. The summed E-state index contributed by atoms with van der Waals surface area (Å²) in [7, 11) is 0.749. The molecule has 0 bridgehead atoms. The second-order valence-corrected chi connectivity index (χ2v) is 10.8. The first kappa shape index (κ1) is 19.6. The molecule has 0 saturated heterocycles. The maximum Gasteiger partial charge on any atom is 0.153 e. The van der Waals surface area contributed by atoms with Crippen LogP contribution in [0.25, 0.3) is 11.0 Å². The lowest BCUT2D eigenvalue weighted by Crippen LogP contribution is -2.46. The normalized spacial score (nSPS) is 28.2. The van der Waals surface area contributed by atoms with Gasteiger partial charge >= 0.3 is 0 Å². The molecule has 2 aliphatic carbocycles. The number of methoxy groups -OCH3 is 1. The summed E-state index contributed by atoms with van der Waals surface area (Å²) >= 11 is 0. The summed E-state index contributed by atoms with van der Waals surface area (Å²) < 4.78 is 31.0. The van der Waals surface area contributed by atoms with Gasteiger partial charge in [-0.05, 0) is 56.4 Å². The van der Waals surface area contributed by atoms with Gasteiger partial charge in [0.25, 0.3) is 0 Å². The van der Waals surface area contributed by atoms with Gasteiger partial charge in [-0.1, -0.05) is 0 Å². The maximum atomic E-state index is 12.9. The summed E-state index contributed by atoms with van der Waals surface area (Å²) in [5.74, 6) is 2.03. The fourth-order valence-electron chi connectivity index (χ4n) is 4.82. The van der Waals surface area contributed by atoms with Crippen LogP contribution in [0.1, 0.15) is 38.5 Å². The number of fused-ring (bicyclic) bond motifs is 1. The predicted octanol–water partition coefficient (Wildman–Crippen LogP) is 2.79. The van der Waals surface area contributed by atoms with Crippen molar-refractivity contribution in [1.82, 2.24) is 15.0 Å². The minimum atomic E-state index is -3.01. The van der Waals surface area contributed by atoms with Crippen molar-refractivity contribution < 1.29 is 13.2 Å². The van der Waals surface area contributed by atoms with Gasteiger partial charge in [0.1, 0.15) is 17.8 Å². The van der Waals surface area contributed by atoms with Gasteiger partial charge in [0.05, 0.1) is 16.4 Å². The zero-order valence-corrected chi connectivity index (χ0v) is 17.5. The molecular weight excluding hydrogens is 376 g/mol. The van der Waals surface area contributed by atoms with Crippen LogP contribution in [0.3, 0.4) is 0 Å². The van der Waals surface area contributed by atoms with E-state index in [2.05, 4.69) is 19.9 Å². The molecular formula is C20H30N4O3S. The molecule has 2 heterocycles. The molecule has 28 heavy (non-hydrogen) atoms. The molecule has 2 fully saturated rings. The highest BCUT2D eigenvalue weighted by atomic mass is 32.2. The molecule has 2 aromatic heterocycles. The number of ether oxygens (including phenoxy) is 1. The van der Waals surface area contributed by atoms with E-state index in [1.807, 2.05) is 19.3 Å². The highest BCUT2D eigenvalue weighted by Gasteiger charge is 2.39. The first-order valence-corrected chi connectivity index (χ1v) is 11.9. The minimum absolute atomic E-state index is 0.154. The Morgan fingerprint density at radius 3 is 2.64 bits per heavy atom. The molecule has 0 unspecified atom stereocenters. The van der Waals surface area contributed by atoms with Crippen molar-refractivity contribution in [2.24, 2.45) is 11.8 Å². The highest BCUT2D eigenvalue weighted by molar-refractivity contribution is 7.92. The Bertz CT molecular complexity index is 899. The van der Waals surface area contributed by atoms with Crippen LogP contribution in [-0.4, -0.2) is 61.2 Å². The van der Waals surface area contributed by atoms with Crippen LogP contribution in [0.2, 0.25) is 0 Å². The zero-order chi connectivity index (χ0) is 19.7. The van der Waals surface area contributed by atoms with Crippen molar-refractivity contribution in [3.63, 3.8) is 0 Å². The fraction of sp³-hybridized carbons (Fsp3) is 0.700. The van der Waals surface area contributed by atoms with E-state index < -0.39 is 9.84 Å². The molecule has 154 valence electrons. The third kappa shape index (κ3) is 3.89. The average molecular weight is 407 g/mol. The Labute approximate surface area is 166 Å². The number of rotatable bonds is 7. The SMILES string of the molecule is COC[C@H]1CC[C@H](S(=O)(=O)C[C@H]2C[C@@H](N(C)c3ncnc4[nH]ccc34)C2)CC1. The molecule has 0 spiro atoms. The summed E-state index contributed by atoms with van der Waals surface area (Å²) in [4.78, 5) is 14.0. The molecule has 0 amide bonds. The fourth-order valence-corrected chi connectivity index (χ4v) is 7.02. The third-order valence-electron chi connectivity index (χ3n) is 6.60. The van der Waals surface area contributed by atoms with Gasteiger partial charge in [-0.25, -0.2) is 18.4 Å². The first-order chi connectivity index (χ1) is 13.5. The topological polar surface area (TPSA) is 88.2 Å². The lowest BCUT2D eigenvalue weighted by atomic mass is 9.81. The molecule has 0 aliphatic heterocycles. The summed E-state index contributed by atoms with van der Waals surface area (Å²) in [5.41, 5.74) is 0.833. The Morgan fingerprint density at radius 2 is 1.93 bits per heavy atom. The summed E-state index contributed by atoms with van der Waals surface area (Å²) in [6.07, 6.45) is 8.77. The van der Waals surface area contributed by atoms with Crippen LogP contribution in [-0.2, 0) is 14.6 Å². The van der Waals surface area contributed by atoms with Gasteiger partial charge in [-0.3, -0.25) is 0 Å². The number of H-pyrrole nitrogens is 1. The van der Waals surface area contributed by atoms with Gasteiger partial charge in [0, 0.05) is 33.0 Å². The Hall–Kier alpha value is -1.67. The van der Waals surface area contributed by atoms with Crippen molar-refractivity contribution in [3.8, 4) is 0 Å². The van der Waals surface area contributed by atoms with Crippen LogP contribution < -0.4 is 4.90 Å². The van der Waals surface area contributed by atoms with E-state index in [4.69, 9.17) is 4.74 Å². The standard InChI is InChI=1S/C20H30N4O3S/c1-24(20-18-7-8-21-19(18)22-13-23-20)16-9-15(10-16)12-28(25,26)17-5-3-14(4-6-17)11-27-2/h7-8,13-17H,3-6,9-12H2,1-2H3,(H,21,22,23)/t14-,15-,16+,17-. The molecule has 0 atom stereocenters. The number of hydrogen-bond donors (Lipinski definition) is 1. The molecule has 0 aromatic carbocycles. The number of aromatic amines is 1. The van der Waals surface area contributed by atoms with Crippen LogP contribution in [0.4, 0.5) is 5.82 Å². The van der Waals surface area contributed by atoms with Crippen molar-refractivity contribution in [1.29, 1.82) is 0 Å². The van der Waals surface area contributed by atoms with Crippen LogP contribution in [0.15, 0.2) is 18.6 Å². The summed E-state index contributed by atoms with van der Waals surface area (Å²) in [6, 6.07) is 2.33. The van der Waals surface area contributed by atoms with Crippen LogP contribution >= 0.6 is 0 Å². The second-order valence-electron chi connectivity index (χ2n) is 8.47. The number of nitrogens with zero attached hydrogens (tertiary/aromatic N) is 3. The second kappa shape index (κ2) is 7.99. The third-order valence-corrected chi connectivity index (χ3v) is 9.02. The Kier molecular flexibility index (Phi) is 5.60. The summed E-state index contributed by atoms with van der Waals surface area (Å²) in [6.45, 7) is 0.751. The smallest absolute Gasteiger partial charge is 0.153 e. The quantitative estimate of drug-likeness (QED) is 0.761. The van der Waals surface area contributed by atoms with Gasteiger partial charge in [0.2, 0.25) is 0 Å². The Morgan fingerprint density at radius 1 is 1.18 bits per heavy atom. The van der Waals surface area contributed by atoms with Crippen LogP contribution in [0, 0.1) is 11.8 Å². The monoisotopic (exact) mass is 406 g/mol. The van der Waals surface area contributed by atoms with E-state index in [0.717, 1.165) is 62.0 Å². The first-order valence-electron chi connectivity index (χ1n) is 10.2. The van der Waals surface area contributed by atoms with E-state index in [0.29, 0.717) is 17.7 Å². The van der Waals surface area contributed by atoms with E-state index in [1.54, 1.807) is 13.4 Å². The molecule has 4 rings (SSSR count). The molecule has 7 nitrogen and oxygen atoms in total. The zero-order valence-electron chi connectivity index (χ0n) is 16.7. The van der Waals surface area contributed by atoms with Crippen molar-refractivity contribution >= 4 is 26.7 Å². The lowest BCUT2D eigenvalue weighted by Gasteiger charge is -2.42. The molecule has 8 heteroatoms.